The molecule has 1 aliphatic carbocycles. The first-order valence-corrected chi connectivity index (χ1v) is 6.21. The van der Waals surface area contributed by atoms with E-state index in [0.29, 0.717) is 12.5 Å². The van der Waals surface area contributed by atoms with Crippen LogP contribution in [0.1, 0.15) is 18.4 Å². The summed E-state index contributed by atoms with van der Waals surface area (Å²) in [5.41, 5.74) is 0.659. The molecule has 0 saturated heterocycles. The van der Waals surface area contributed by atoms with Crippen molar-refractivity contribution < 1.29 is 14.5 Å². The van der Waals surface area contributed by atoms with Crippen molar-refractivity contribution in [2.24, 2.45) is 5.92 Å². The minimum atomic E-state index is -0.509. The number of amides is 1. The molecule has 6 nitrogen and oxygen atoms in total. The van der Waals surface area contributed by atoms with E-state index in [0.717, 1.165) is 18.4 Å². The van der Waals surface area contributed by atoms with Crippen LogP contribution >= 0.6 is 0 Å². The molecule has 1 amide bonds. The number of hydrogen-bond donors (Lipinski definition) is 1. The summed E-state index contributed by atoms with van der Waals surface area (Å²) in [5, 5.41) is 13.6. The normalized spacial score (nSPS) is 13.9. The summed E-state index contributed by atoms with van der Waals surface area (Å²) in [4.78, 5) is 21.8. The van der Waals surface area contributed by atoms with E-state index in [2.05, 4.69) is 5.32 Å². The van der Waals surface area contributed by atoms with Crippen molar-refractivity contribution >= 4 is 11.6 Å². The van der Waals surface area contributed by atoms with E-state index in [4.69, 9.17) is 4.74 Å². The number of aryl methyl sites for hydroxylation is 1. The van der Waals surface area contributed by atoms with Crippen molar-refractivity contribution in [3.05, 3.63) is 33.9 Å². The maximum absolute atomic E-state index is 11.5. The van der Waals surface area contributed by atoms with E-state index in [1.165, 1.54) is 12.1 Å². The van der Waals surface area contributed by atoms with Crippen LogP contribution in [0.3, 0.4) is 0 Å². The van der Waals surface area contributed by atoms with E-state index in [1.807, 2.05) is 0 Å². The van der Waals surface area contributed by atoms with Crippen LogP contribution < -0.4 is 10.1 Å². The van der Waals surface area contributed by atoms with Crippen LogP contribution in [0.2, 0.25) is 0 Å². The van der Waals surface area contributed by atoms with Gasteiger partial charge in [0.05, 0.1) is 4.92 Å². The van der Waals surface area contributed by atoms with Crippen LogP contribution in [0.5, 0.6) is 5.75 Å². The fraction of sp³-hybridized carbons (Fsp3) is 0.462. The molecule has 0 spiro atoms. The number of ether oxygens (including phenoxy) is 1. The molecule has 0 bridgehead atoms. The molecule has 0 aliphatic heterocycles. The Kier molecular flexibility index (Phi) is 3.99. The van der Waals surface area contributed by atoms with Gasteiger partial charge in [-0.2, -0.15) is 0 Å². The number of carbonyl (C=O) groups excluding carboxylic acids is 1. The first-order valence-electron chi connectivity index (χ1n) is 6.21. The molecule has 0 unspecified atom stereocenters. The molecule has 1 aromatic carbocycles. The number of carbonyl (C=O) groups is 1. The zero-order chi connectivity index (χ0) is 13.8. The van der Waals surface area contributed by atoms with Gasteiger partial charge >= 0.3 is 5.69 Å². The Hall–Kier alpha value is -2.11. The monoisotopic (exact) mass is 264 g/mol. The van der Waals surface area contributed by atoms with Crippen LogP contribution in [0, 0.1) is 23.0 Å². The molecular weight excluding hydrogens is 248 g/mol. The number of benzene rings is 1. The van der Waals surface area contributed by atoms with Crippen molar-refractivity contribution in [1.29, 1.82) is 0 Å². The van der Waals surface area contributed by atoms with Gasteiger partial charge in [-0.25, -0.2) is 0 Å². The third-order valence-corrected chi connectivity index (χ3v) is 2.95. The molecule has 0 radical (unpaired) electrons. The van der Waals surface area contributed by atoms with Crippen LogP contribution in [0.4, 0.5) is 5.69 Å². The van der Waals surface area contributed by atoms with Crippen LogP contribution in [0.25, 0.3) is 0 Å². The van der Waals surface area contributed by atoms with E-state index in [-0.39, 0.29) is 24.0 Å². The Bertz CT molecular complexity index is 497. The Morgan fingerprint density at radius 3 is 2.89 bits per heavy atom. The number of hydrogen-bond acceptors (Lipinski definition) is 4. The second-order valence-corrected chi connectivity index (χ2v) is 4.76. The summed E-state index contributed by atoms with van der Waals surface area (Å²) >= 11 is 0. The molecule has 2 rings (SSSR count). The standard InChI is InChI=1S/C13H16N2O4/c1-9-2-5-12(11(6-9)15(17)18)19-8-13(16)14-7-10-3-4-10/h2,5-6,10H,3-4,7-8H2,1H3,(H,14,16). The fourth-order valence-corrected chi connectivity index (χ4v) is 1.67. The third-order valence-electron chi connectivity index (χ3n) is 2.95. The number of nitrogens with zero attached hydrogens (tertiary/aromatic N) is 1. The lowest BCUT2D eigenvalue weighted by Crippen LogP contribution is -2.30. The van der Waals surface area contributed by atoms with Gasteiger partial charge in [-0.15, -0.1) is 0 Å². The van der Waals surface area contributed by atoms with Crippen LogP contribution in [0.15, 0.2) is 18.2 Å². The van der Waals surface area contributed by atoms with Gasteiger partial charge in [-0.3, -0.25) is 14.9 Å². The van der Waals surface area contributed by atoms with Crippen molar-refractivity contribution in [2.45, 2.75) is 19.8 Å². The summed E-state index contributed by atoms with van der Waals surface area (Å²) in [6.07, 6.45) is 2.31. The maximum atomic E-state index is 11.5. The maximum Gasteiger partial charge on any atom is 0.311 e. The van der Waals surface area contributed by atoms with Crippen LogP contribution in [-0.4, -0.2) is 24.0 Å². The fourth-order valence-electron chi connectivity index (χ4n) is 1.67. The van der Waals surface area contributed by atoms with Crippen molar-refractivity contribution in [2.75, 3.05) is 13.2 Å². The van der Waals surface area contributed by atoms with E-state index < -0.39 is 4.92 Å². The highest BCUT2D eigenvalue weighted by atomic mass is 16.6. The van der Waals surface area contributed by atoms with Gasteiger partial charge in [0.25, 0.3) is 5.91 Å². The second-order valence-electron chi connectivity index (χ2n) is 4.76. The highest BCUT2D eigenvalue weighted by Gasteiger charge is 2.22. The average molecular weight is 264 g/mol. The quantitative estimate of drug-likeness (QED) is 0.627. The summed E-state index contributed by atoms with van der Waals surface area (Å²) in [5.74, 6) is 0.469. The smallest absolute Gasteiger partial charge is 0.311 e. The van der Waals surface area contributed by atoms with E-state index in [9.17, 15) is 14.9 Å². The molecule has 0 atom stereocenters. The predicted molar refractivity (Wildman–Crippen MR) is 69.1 cm³/mol. The van der Waals surface area contributed by atoms with Crippen molar-refractivity contribution in [3.8, 4) is 5.75 Å². The molecule has 6 heteroatoms. The minimum Gasteiger partial charge on any atom is -0.477 e. The minimum absolute atomic E-state index is 0.116. The molecule has 0 heterocycles. The largest absolute Gasteiger partial charge is 0.477 e. The van der Waals surface area contributed by atoms with Gasteiger partial charge in [0, 0.05) is 12.6 Å². The van der Waals surface area contributed by atoms with Gasteiger partial charge in [-0.05, 0) is 37.3 Å². The SMILES string of the molecule is Cc1ccc(OCC(=O)NCC2CC2)c([N+](=O)[O-])c1. The molecular formula is C13H16N2O4. The highest BCUT2D eigenvalue weighted by molar-refractivity contribution is 5.77. The molecule has 0 aromatic heterocycles. The van der Waals surface area contributed by atoms with E-state index in [1.54, 1.807) is 13.0 Å². The summed E-state index contributed by atoms with van der Waals surface area (Å²) in [6.45, 7) is 2.23. The van der Waals surface area contributed by atoms with Crippen LogP contribution in [-0.2, 0) is 4.79 Å². The zero-order valence-electron chi connectivity index (χ0n) is 10.7. The summed E-state index contributed by atoms with van der Waals surface area (Å²) in [7, 11) is 0. The zero-order valence-corrected chi connectivity index (χ0v) is 10.7. The van der Waals surface area contributed by atoms with Gasteiger partial charge in [0.15, 0.2) is 12.4 Å². The molecule has 102 valence electrons. The van der Waals surface area contributed by atoms with Crippen molar-refractivity contribution in [1.82, 2.24) is 5.32 Å². The Morgan fingerprint density at radius 2 is 2.26 bits per heavy atom. The number of nitro groups is 1. The van der Waals surface area contributed by atoms with Gasteiger partial charge < -0.3 is 10.1 Å². The molecule has 19 heavy (non-hydrogen) atoms. The second kappa shape index (κ2) is 5.69. The van der Waals surface area contributed by atoms with E-state index >= 15 is 0 Å². The lowest BCUT2D eigenvalue weighted by Gasteiger charge is -2.07. The molecule has 1 aromatic rings. The highest BCUT2D eigenvalue weighted by Crippen LogP contribution is 2.28. The number of nitrogens with one attached hydrogen (secondary N) is 1. The Balaban J connectivity index is 1.90. The van der Waals surface area contributed by atoms with Gasteiger partial charge in [-0.1, -0.05) is 6.07 Å². The summed E-state index contributed by atoms with van der Waals surface area (Å²) < 4.78 is 5.21. The molecule has 1 N–H and O–H groups in total. The lowest BCUT2D eigenvalue weighted by molar-refractivity contribution is -0.385. The number of rotatable bonds is 6. The molecule has 1 aliphatic rings. The Morgan fingerprint density at radius 1 is 1.53 bits per heavy atom. The van der Waals surface area contributed by atoms with Gasteiger partial charge in [0.2, 0.25) is 0 Å². The number of nitro benzene ring substituents is 1. The first-order chi connectivity index (χ1) is 9.06. The predicted octanol–water partition coefficient (Wildman–Crippen LogP) is 1.81. The molecule has 1 saturated carbocycles. The summed E-state index contributed by atoms with van der Waals surface area (Å²) in [6, 6.07) is 4.66. The average Bonchev–Trinajstić information content (AvgIpc) is 3.18. The van der Waals surface area contributed by atoms with Crippen molar-refractivity contribution in [3.63, 3.8) is 0 Å². The third kappa shape index (κ3) is 3.94. The first kappa shape index (κ1) is 13.3. The molecule has 1 fully saturated rings. The van der Waals surface area contributed by atoms with Gasteiger partial charge in [0.1, 0.15) is 0 Å². The topological polar surface area (TPSA) is 81.5 Å². The lowest BCUT2D eigenvalue weighted by atomic mass is 10.2. The Labute approximate surface area is 110 Å².